The van der Waals surface area contributed by atoms with Crippen molar-refractivity contribution in [2.45, 2.75) is 72.1 Å². The lowest BCUT2D eigenvalue weighted by molar-refractivity contribution is 0.0635. The highest BCUT2D eigenvalue weighted by Gasteiger charge is 2.29. The van der Waals surface area contributed by atoms with Crippen LogP contribution >= 0.6 is 0 Å². The highest BCUT2D eigenvalue weighted by Crippen LogP contribution is 2.33. The van der Waals surface area contributed by atoms with Crippen LogP contribution in [0.15, 0.2) is 71.7 Å². The summed E-state index contributed by atoms with van der Waals surface area (Å²) in [5.74, 6) is -0.132. The largest absolute Gasteiger partial charge is 0.360 e. The zero-order valence-electron chi connectivity index (χ0n) is 24.0. The minimum Gasteiger partial charge on any atom is -0.360 e. The van der Waals surface area contributed by atoms with Gasteiger partial charge in [0.05, 0.1) is 0 Å². The molecule has 3 aromatic rings. The van der Waals surface area contributed by atoms with Gasteiger partial charge in [-0.15, -0.1) is 0 Å². The Morgan fingerprint density at radius 3 is 2.03 bits per heavy atom. The van der Waals surface area contributed by atoms with Gasteiger partial charge in [0.25, 0.3) is 5.91 Å². The normalized spacial score (nSPS) is 12.7. The van der Waals surface area contributed by atoms with Crippen LogP contribution in [-0.2, 0) is 11.5 Å². The average Bonchev–Trinajstić information content (AvgIpc) is 2.87. The van der Waals surface area contributed by atoms with E-state index in [0.29, 0.717) is 18.7 Å². The van der Waals surface area contributed by atoms with Crippen LogP contribution in [0.4, 0.5) is 0 Å². The van der Waals surface area contributed by atoms with Gasteiger partial charge < -0.3 is 9.64 Å². The summed E-state index contributed by atoms with van der Waals surface area (Å²) in [6.45, 7) is 16.1. The Balaban J connectivity index is 1.86. The van der Waals surface area contributed by atoms with Crippen LogP contribution < -0.4 is 5.43 Å². The number of ether oxygens (including phenoxy) is 1. The van der Waals surface area contributed by atoms with Gasteiger partial charge in [-0.05, 0) is 43.9 Å². The molecule has 1 heterocycles. The molecule has 3 rings (SSSR count). The van der Waals surface area contributed by atoms with E-state index in [-0.39, 0.29) is 41.6 Å². The topological polar surface area (TPSA) is 64.4 Å². The molecule has 0 aliphatic rings. The van der Waals surface area contributed by atoms with E-state index >= 15 is 0 Å². The van der Waals surface area contributed by atoms with Gasteiger partial charge in [-0.1, -0.05) is 87.2 Å². The summed E-state index contributed by atoms with van der Waals surface area (Å²) in [5.41, 5.74) is 2.52. The summed E-state index contributed by atoms with van der Waals surface area (Å²) in [5, 5.41) is 4.44. The molecule has 0 radical (unpaired) electrons. The smallest absolute Gasteiger partial charge is 0.278 e. The van der Waals surface area contributed by atoms with Gasteiger partial charge in [-0.25, -0.2) is 4.68 Å². The molecule has 0 bridgehead atoms. The molecule has 2 aromatic carbocycles. The Morgan fingerprint density at radius 2 is 1.53 bits per heavy atom. The number of nitrogens with zero attached hydrogens (tertiary/aromatic N) is 3. The standard InChI is InChI=1S/C31H43N3O3Si/c1-23(2)34(21-24(3)28(26-14-10-8-11-15-26)27-16-12-9-13-17-27)31(36)29-30(35)25(4)20-33(32-29)22-37-18-19-38(5,6)7/h8-17,20,23-24,28H,18-19,21-22H2,1-7H3/t24-/m0/s1. The molecule has 0 fully saturated rings. The number of hydrogen-bond acceptors (Lipinski definition) is 4. The Hall–Kier alpha value is -3.03. The third kappa shape index (κ3) is 7.98. The second-order valence-electron chi connectivity index (χ2n) is 11.7. The molecule has 0 aliphatic heterocycles. The first-order chi connectivity index (χ1) is 18.0. The third-order valence-electron chi connectivity index (χ3n) is 6.82. The lowest BCUT2D eigenvalue weighted by atomic mass is 9.81. The molecule has 0 unspecified atom stereocenters. The number of hydrogen-bond donors (Lipinski definition) is 0. The van der Waals surface area contributed by atoms with Gasteiger partial charge in [0.15, 0.2) is 5.69 Å². The highest BCUT2D eigenvalue weighted by molar-refractivity contribution is 6.76. The maximum atomic E-state index is 13.8. The van der Waals surface area contributed by atoms with E-state index < -0.39 is 8.07 Å². The van der Waals surface area contributed by atoms with E-state index in [1.165, 1.54) is 11.1 Å². The van der Waals surface area contributed by atoms with Crippen molar-refractivity contribution in [3.63, 3.8) is 0 Å². The molecule has 0 saturated heterocycles. The second-order valence-corrected chi connectivity index (χ2v) is 17.3. The molecule has 204 valence electrons. The summed E-state index contributed by atoms with van der Waals surface area (Å²) in [4.78, 5) is 28.7. The van der Waals surface area contributed by atoms with Crippen LogP contribution in [0.5, 0.6) is 0 Å². The van der Waals surface area contributed by atoms with Crippen LogP contribution in [0, 0.1) is 12.8 Å². The van der Waals surface area contributed by atoms with Gasteiger partial charge in [-0.3, -0.25) is 9.59 Å². The van der Waals surface area contributed by atoms with Gasteiger partial charge in [0.1, 0.15) is 6.73 Å². The van der Waals surface area contributed by atoms with E-state index in [4.69, 9.17) is 4.74 Å². The number of aromatic nitrogens is 2. The van der Waals surface area contributed by atoms with Crippen molar-refractivity contribution in [1.82, 2.24) is 14.7 Å². The molecule has 0 saturated carbocycles. The van der Waals surface area contributed by atoms with E-state index in [9.17, 15) is 9.59 Å². The zero-order chi connectivity index (χ0) is 27.9. The number of benzene rings is 2. The Bertz CT molecular complexity index is 1200. The van der Waals surface area contributed by atoms with Gasteiger partial charge in [0, 0.05) is 44.9 Å². The van der Waals surface area contributed by atoms with Crippen LogP contribution in [0.25, 0.3) is 0 Å². The fraction of sp³-hybridized carbons (Fsp3) is 0.452. The van der Waals surface area contributed by atoms with E-state index in [1.807, 2.05) is 50.2 Å². The minimum absolute atomic E-state index is 0.0457. The van der Waals surface area contributed by atoms with Crippen molar-refractivity contribution in [2.75, 3.05) is 13.2 Å². The van der Waals surface area contributed by atoms with E-state index in [2.05, 4.69) is 55.9 Å². The SMILES string of the molecule is Cc1cn(COCC[Si](C)(C)C)nc(C(=O)N(C[C@H](C)C(c2ccccc2)c2ccccc2)C(C)C)c1=O. The molecular weight excluding hydrogens is 490 g/mol. The van der Waals surface area contributed by atoms with Gasteiger partial charge in [0.2, 0.25) is 5.43 Å². The van der Waals surface area contributed by atoms with Crippen molar-refractivity contribution in [1.29, 1.82) is 0 Å². The summed E-state index contributed by atoms with van der Waals surface area (Å²) in [7, 11) is -1.21. The number of carbonyl (C=O) groups excluding carboxylic acids is 1. The van der Waals surface area contributed by atoms with Gasteiger partial charge in [-0.2, -0.15) is 5.10 Å². The first kappa shape index (κ1) is 29.5. The quantitative estimate of drug-likeness (QED) is 0.206. The minimum atomic E-state index is -1.21. The van der Waals surface area contributed by atoms with E-state index in [0.717, 1.165) is 6.04 Å². The molecular formula is C31H43N3O3Si. The first-order valence-corrected chi connectivity index (χ1v) is 17.3. The second kappa shape index (κ2) is 13.2. The summed E-state index contributed by atoms with van der Waals surface area (Å²) < 4.78 is 7.41. The molecule has 0 spiro atoms. The third-order valence-corrected chi connectivity index (χ3v) is 8.53. The molecule has 1 amide bonds. The molecule has 0 aliphatic carbocycles. The van der Waals surface area contributed by atoms with Crippen molar-refractivity contribution >= 4 is 14.0 Å². The summed E-state index contributed by atoms with van der Waals surface area (Å²) in [6.07, 6.45) is 1.66. The Kier molecular flexibility index (Phi) is 10.2. The van der Waals surface area contributed by atoms with Crippen molar-refractivity contribution in [3.05, 3.63) is 99.5 Å². The zero-order valence-corrected chi connectivity index (χ0v) is 25.0. The maximum Gasteiger partial charge on any atom is 0.278 e. The van der Waals surface area contributed by atoms with Crippen molar-refractivity contribution in [2.24, 2.45) is 5.92 Å². The first-order valence-electron chi connectivity index (χ1n) is 13.5. The molecule has 1 aromatic heterocycles. The predicted octanol–water partition coefficient (Wildman–Crippen LogP) is 6.18. The average molecular weight is 534 g/mol. The fourth-order valence-corrected chi connectivity index (χ4v) is 5.42. The van der Waals surface area contributed by atoms with Crippen LogP contribution in [0.2, 0.25) is 25.7 Å². The molecule has 0 N–H and O–H groups in total. The molecule has 1 atom stereocenters. The number of carbonyl (C=O) groups is 1. The van der Waals surface area contributed by atoms with Gasteiger partial charge >= 0.3 is 0 Å². The molecule has 7 heteroatoms. The van der Waals surface area contributed by atoms with E-state index in [1.54, 1.807) is 22.7 Å². The molecule has 6 nitrogen and oxygen atoms in total. The molecule has 38 heavy (non-hydrogen) atoms. The summed E-state index contributed by atoms with van der Waals surface area (Å²) in [6, 6.07) is 21.7. The fourth-order valence-electron chi connectivity index (χ4n) is 4.66. The number of amides is 1. The maximum absolute atomic E-state index is 13.8. The lowest BCUT2D eigenvalue weighted by Crippen LogP contribution is -2.44. The van der Waals surface area contributed by atoms with Crippen molar-refractivity contribution in [3.8, 4) is 0 Å². The Labute approximate surface area is 228 Å². The lowest BCUT2D eigenvalue weighted by Gasteiger charge is -2.33. The monoisotopic (exact) mass is 533 g/mol. The number of rotatable bonds is 12. The van der Waals surface area contributed by atoms with Crippen molar-refractivity contribution < 1.29 is 9.53 Å². The van der Waals surface area contributed by atoms with Crippen LogP contribution in [0.3, 0.4) is 0 Å². The highest BCUT2D eigenvalue weighted by atomic mass is 28.3. The Morgan fingerprint density at radius 1 is 0.974 bits per heavy atom. The van der Waals surface area contributed by atoms with Crippen LogP contribution in [-0.4, -0.2) is 47.9 Å². The van der Waals surface area contributed by atoms with Crippen LogP contribution in [0.1, 0.15) is 53.9 Å². The number of aryl methyl sites for hydroxylation is 1. The summed E-state index contributed by atoms with van der Waals surface area (Å²) >= 11 is 0. The predicted molar refractivity (Wildman–Crippen MR) is 157 cm³/mol.